The van der Waals surface area contributed by atoms with Crippen molar-refractivity contribution in [2.75, 3.05) is 43.5 Å². The molecule has 1 aliphatic heterocycles. The highest BCUT2D eigenvalue weighted by atomic mass is 16.5. The number of ether oxygens (including phenoxy) is 1. The third-order valence-corrected chi connectivity index (χ3v) is 5.99. The van der Waals surface area contributed by atoms with Crippen LogP contribution >= 0.6 is 0 Å². The first kappa shape index (κ1) is 23.5. The quantitative estimate of drug-likeness (QED) is 0.590. The van der Waals surface area contributed by atoms with Gasteiger partial charge in [0, 0.05) is 62.3 Å². The Morgan fingerprint density at radius 1 is 1.12 bits per heavy atom. The molecule has 0 saturated carbocycles. The molecule has 34 heavy (non-hydrogen) atoms. The van der Waals surface area contributed by atoms with Gasteiger partial charge < -0.3 is 19.9 Å². The smallest absolute Gasteiger partial charge is 0.248 e. The van der Waals surface area contributed by atoms with Crippen molar-refractivity contribution >= 4 is 23.5 Å². The number of aryl methyl sites for hydroxylation is 1. The van der Waals surface area contributed by atoms with Crippen molar-refractivity contribution < 1.29 is 9.53 Å². The van der Waals surface area contributed by atoms with E-state index < -0.39 is 0 Å². The minimum atomic E-state index is 0.119. The van der Waals surface area contributed by atoms with E-state index in [1.54, 1.807) is 20.2 Å². The number of nitrogens with zero attached hydrogens (tertiary/aromatic N) is 6. The second kappa shape index (κ2) is 10.1. The Morgan fingerprint density at radius 2 is 1.94 bits per heavy atom. The summed E-state index contributed by atoms with van der Waals surface area (Å²) in [6, 6.07) is 10.2. The van der Waals surface area contributed by atoms with Crippen LogP contribution in [-0.2, 0) is 4.79 Å². The van der Waals surface area contributed by atoms with Crippen LogP contribution in [0.4, 0.5) is 17.6 Å². The average Bonchev–Trinajstić information content (AvgIpc) is 3.07. The van der Waals surface area contributed by atoms with E-state index in [-0.39, 0.29) is 11.9 Å². The van der Waals surface area contributed by atoms with Crippen LogP contribution in [0.5, 0.6) is 5.75 Å². The van der Waals surface area contributed by atoms with Gasteiger partial charge in [-0.25, -0.2) is 4.68 Å². The fourth-order valence-electron chi connectivity index (χ4n) is 4.21. The lowest BCUT2D eigenvalue weighted by atomic mass is 10.0. The molecular weight excluding hydrogens is 430 g/mol. The van der Waals surface area contributed by atoms with E-state index in [2.05, 4.69) is 29.0 Å². The maximum atomic E-state index is 11.8. The summed E-state index contributed by atoms with van der Waals surface area (Å²) in [6.45, 7) is 10.8. The number of benzene rings is 1. The zero-order chi connectivity index (χ0) is 24.2. The third kappa shape index (κ3) is 5.13. The van der Waals surface area contributed by atoms with Gasteiger partial charge in [0.25, 0.3) is 0 Å². The van der Waals surface area contributed by atoms with Crippen LogP contribution in [0, 0.1) is 6.92 Å². The Bertz CT molecular complexity index is 1160. The lowest BCUT2D eigenvalue weighted by molar-refractivity contribution is -0.128. The van der Waals surface area contributed by atoms with Crippen molar-refractivity contribution in [3.05, 3.63) is 42.2 Å². The summed E-state index contributed by atoms with van der Waals surface area (Å²) in [7, 11) is 1.67. The second-order valence-corrected chi connectivity index (χ2v) is 8.85. The summed E-state index contributed by atoms with van der Waals surface area (Å²) in [5, 5.41) is 8.08. The Morgan fingerprint density at radius 3 is 2.65 bits per heavy atom. The number of anilines is 3. The van der Waals surface area contributed by atoms with E-state index in [9.17, 15) is 4.79 Å². The fourth-order valence-corrected chi connectivity index (χ4v) is 4.21. The summed E-state index contributed by atoms with van der Waals surface area (Å²) in [4.78, 5) is 25.0. The van der Waals surface area contributed by atoms with Gasteiger partial charge in [-0.3, -0.25) is 9.78 Å². The number of carbonyl (C=O) groups is 1. The highest BCUT2D eigenvalue weighted by molar-refractivity contribution is 5.74. The normalized spacial score (nSPS) is 14.3. The van der Waals surface area contributed by atoms with Crippen LogP contribution < -0.4 is 15.0 Å². The van der Waals surface area contributed by atoms with Gasteiger partial charge in [-0.2, -0.15) is 4.98 Å². The van der Waals surface area contributed by atoms with Crippen LogP contribution in [0.25, 0.3) is 11.1 Å². The third-order valence-electron chi connectivity index (χ3n) is 5.99. The van der Waals surface area contributed by atoms with Crippen LogP contribution in [0.3, 0.4) is 0 Å². The first-order valence-electron chi connectivity index (χ1n) is 11.7. The molecule has 0 unspecified atom stereocenters. The molecule has 3 aromatic rings. The average molecular weight is 464 g/mol. The number of nitrogens with one attached hydrogen (secondary N) is 1. The first-order chi connectivity index (χ1) is 16.4. The SMILES string of the molecule is COc1cc(Nc2nc(N3CCCN(C(C)=O)CC3)n(C(C)C)n2)ccc1-c1ccnc(C)c1. The topological polar surface area (TPSA) is 88.4 Å². The number of carbonyl (C=O) groups excluding carboxylic acids is 1. The van der Waals surface area contributed by atoms with Gasteiger partial charge in [0.15, 0.2) is 0 Å². The summed E-state index contributed by atoms with van der Waals surface area (Å²) >= 11 is 0. The molecule has 0 radical (unpaired) electrons. The number of hydrogen-bond donors (Lipinski definition) is 1. The van der Waals surface area contributed by atoms with Crippen molar-refractivity contribution in [1.29, 1.82) is 0 Å². The molecular formula is C25H33N7O2. The molecule has 0 atom stereocenters. The van der Waals surface area contributed by atoms with Gasteiger partial charge >= 0.3 is 0 Å². The van der Waals surface area contributed by atoms with Gasteiger partial charge in [0.2, 0.25) is 17.8 Å². The minimum absolute atomic E-state index is 0.119. The van der Waals surface area contributed by atoms with Crippen molar-refractivity contribution in [3.8, 4) is 16.9 Å². The summed E-state index contributed by atoms with van der Waals surface area (Å²) in [5.74, 6) is 2.23. The van der Waals surface area contributed by atoms with E-state index in [0.29, 0.717) is 12.5 Å². The number of hydrogen-bond acceptors (Lipinski definition) is 7. The molecule has 180 valence electrons. The predicted octanol–water partition coefficient (Wildman–Crippen LogP) is 4.04. The summed E-state index contributed by atoms with van der Waals surface area (Å²) < 4.78 is 7.62. The molecule has 1 aliphatic rings. The highest BCUT2D eigenvalue weighted by Gasteiger charge is 2.23. The molecule has 4 rings (SSSR count). The van der Waals surface area contributed by atoms with Crippen LogP contribution in [0.1, 0.15) is 38.9 Å². The molecule has 2 aromatic heterocycles. The van der Waals surface area contributed by atoms with Gasteiger partial charge in [0.05, 0.1) is 13.2 Å². The van der Waals surface area contributed by atoms with Crippen LogP contribution in [0.15, 0.2) is 36.5 Å². The highest BCUT2D eigenvalue weighted by Crippen LogP contribution is 2.33. The number of methoxy groups -OCH3 is 1. The van der Waals surface area contributed by atoms with E-state index in [0.717, 1.165) is 60.3 Å². The fraction of sp³-hybridized carbons (Fsp3) is 0.440. The van der Waals surface area contributed by atoms with Crippen molar-refractivity contribution in [3.63, 3.8) is 0 Å². The first-order valence-corrected chi connectivity index (χ1v) is 11.7. The number of rotatable bonds is 6. The van der Waals surface area contributed by atoms with Crippen LogP contribution in [0.2, 0.25) is 0 Å². The molecule has 1 saturated heterocycles. The molecule has 1 N–H and O–H groups in total. The van der Waals surface area contributed by atoms with Crippen LogP contribution in [-0.4, -0.2) is 63.8 Å². The Balaban J connectivity index is 1.58. The maximum Gasteiger partial charge on any atom is 0.248 e. The Labute approximate surface area is 200 Å². The number of pyridine rings is 1. The Kier molecular flexibility index (Phi) is 7.00. The van der Waals surface area contributed by atoms with Gasteiger partial charge in [-0.15, -0.1) is 5.10 Å². The Hall–Kier alpha value is -3.62. The van der Waals surface area contributed by atoms with E-state index in [4.69, 9.17) is 14.8 Å². The maximum absolute atomic E-state index is 11.8. The molecule has 3 heterocycles. The zero-order valence-corrected chi connectivity index (χ0v) is 20.6. The van der Waals surface area contributed by atoms with Gasteiger partial charge in [0.1, 0.15) is 5.75 Å². The summed E-state index contributed by atoms with van der Waals surface area (Å²) in [6.07, 6.45) is 2.71. The van der Waals surface area contributed by atoms with Crippen molar-refractivity contribution in [2.45, 2.75) is 40.2 Å². The lowest BCUT2D eigenvalue weighted by Crippen LogP contribution is -2.34. The number of aromatic nitrogens is 4. The molecule has 0 bridgehead atoms. The van der Waals surface area contributed by atoms with E-state index in [1.165, 1.54) is 0 Å². The molecule has 0 spiro atoms. The largest absolute Gasteiger partial charge is 0.496 e. The molecule has 9 heteroatoms. The minimum Gasteiger partial charge on any atom is -0.496 e. The van der Waals surface area contributed by atoms with Crippen molar-refractivity contribution in [2.24, 2.45) is 0 Å². The number of amides is 1. The molecule has 0 aliphatic carbocycles. The van der Waals surface area contributed by atoms with Gasteiger partial charge in [-0.05, 0) is 57.0 Å². The monoisotopic (exact) mass is 463 g/mol. The molecule has 9 nitrogen and oxygen atoms in total. The summed E-state index contributed by atoms with van der Waals surface area (Å²) in [5.41, 5.74) is 3.86. The molecule has 1 amide bonds. The standard InChI is InChI=1S/C25H33N7O2/c1-17(2)32-25(31-12-6-11-30(13-14-31)19(4)33)28-24(29-32)27-21-7-8-22(23(16-21)34-5)20-9-10-26-18(3)15-20/h7-10,15-17H,6,11-14H2,1-5H3,(H,27,29). The van der Waals surface area contributed by atoms with E-state index >= 15 is 0 Å². The van der Waals surface area contributed by atoms with E-state index in [1.807, 2.05) is 46.8 Å². The zero-order valence-electron chi connectivity index (χ0n) is 20.6. The van der Waals surface area contributed by atoms with Crippen molar-refractivity contribution in [1.82, 2.24) is 24.6 Å². The lowest BCUT2D eigenvalue weighted by Gasteiger charge is -2.23. The predicted molar refractivity (Wildman–Crippen MR) is 134 cm³/mol. The van der Waals surface area contributed by atoms with Gasteiger partial charge in [-0.1, -0.05) is 0 Å². The molecule has 1 fully saturated rings. The second-order valence-electron chi connectivity index (χ2n) is 8.85. The molecule has 1 aromatic carbocycles.